The van der Waals surface area contributed by atoms with Crippen molar-refractivity contribution in [3.8, 4) is 0 Å². The van der Waals surface area contributed by atoms with Crippen LogP contribution in [-0.4, -0.2) is 57.3 Å². The lowest BCUT2D eigenvalue weighted by Crippen LogP contribution is -2.77. The maximum Gasteiger partial charge on any atom is 0.414 e. The standard InChI is InChI=1S/C19H20FN5O2S/c20-14-7-12(24-9-13(27-18(24)26)8-23-6-5-21-22-23)1-2-15(14)25-16-3-4-19(16)11-28-10-17(19)25/h1-2,5-7,13,16-17H,3-4,8-11H2/t13-,16?,17?,19?/m0/s1. The minimum absolute atomic E-state index is 0.262. The van der Waals surface area contributed by atoms with Crippen LogP contribution in [0, 0.1) is 11.2 Å². The van der Waals surface area contributed by atoms with Gasteiger partial charge in [-0.05, 0) is 31.0 Å². The van der Waals surface area contributed by atoms with Gasteiger partial charge in [0.2, 0.25) is 0 Å². The summed E-state index contributed by atoms with van der Waals surface area (Å²) in [6.07, 6.45) is 4.95. The molecular formula is C19H20FN5O2S. The molecule has 1 aromatic carbocycles. The van der Waals surface area contributed by atoms with Crippen LogP contribution in [-0.2, 0) is 11.3 Å². The predicted octanol–water partition coefficient (Wildman–Crippen LogP) is 2.53. The Balaban J connectivity index is 1.21. The second-order valence-electron chi connectivity index (χ2n) is 8.10. The van der Waals surface area contributed by atoms with Gasteiger partial charge in [0.15, 0.2) is 0 Å². The summed E-state index contributed by atoms with van der Waals surface area (Å²) in [6.45, 7) is 0.798. The summed E-state index contributed by atoms with van der Waals surface area (Å²) in [6, 6.07) is 6.07. The molecule has 1 saturated carbocycles. The van der Waals surface area contributed by atoms with Gasteiger partial charge in [0.1, 0.15) is 11.9 Å². The van der Waals surface area contributed by atoms with Gasteiger partial charge in [0.05, 0.1) is 30.7 Å². The SMILES string of the molecule is O=C1O[C@@H](Cn2ccnn2)CN1c1ccc(N2C3CCC34CSCC24)c(F)c1. The molecule has 4 aliphatic rings. The average molecular weight is 401 g/mol. The fourth-order valence-electron chi connectivity index (χ4n) is 5.31. The molecule has 4 heterocycles. The molecule has 146 valence electrons. The van der Waals surface area contributed by atoms with Crippen molar-refractivity contribution >= 4 is 29.2 Å². The number of cyclic esters (lactones) is 1. The molecule has 3 saturated heterocycles. The van der Waals surface area contributed by atoms with Crippen molar-refractivity contribution in [3.63, 3.8) is 0 Å². The lowest BCUT2D eigenvalue weighted by molar-refractivity contribution is 0.00225. The predicted molar refractivity (Wildman–Crippen MR) is 103 cm³/mol. The van der Waals surface area contributed by atoms with Crippen molar-refractivity contribution in [2.45, 2.75) is 37.6 Å². The summed E-state index contributed by atoms with van der Waals surface area (Å²) in [5, 5.41) is 7.65. The third-order valence-electron chi connectivity index (χ3n) is 6.79. The van der Waals surface area contributed by atoms with E-state index in [1.54, 1.807) is 17.1 Å². The Labute approximate surface area is 165 Å². The molecule has 7 nitrogen and oxygen atoms in total. The second-order valence-corrected chi connectivity index (χ2v) is 9.13. The first-order valence-corrected chi connectivity index (χ1v) is 10.8. The van der Waals surface area contributed by atoms with Crippen LogP contribution in [0.5, 0.6) is 0 Å². The van der Waals surface area contributed by atoms with E-state index in [0.717, 1.165) is 12.2 Å². The Hall–Kier alpha value is -2.29. The first-order chi connectivity index (χ1) is 13.7. The quantitative estimate of drug-likeness (QED) is 0.785. The number of rotatable bonds is 4. The minimum Gasteiger partial charge on any atom is -0.442 e. The normalized spacial score (nSPS) is 33.2. The molecule has 9 heteroatoms. The van der Waals surface area contributed by atoms with Crippen LogP contribution >= 0.6 is 11.8 Å². The lowest BCUT2D eigenvalue weighted by Gasteiger charge is -2.68. The molecule has 1 aromatic heterocycles. The van der Waals surface area contributed by atoms with Crippen molar-refractivity contribution in [2.75, 3.05) is 27.9 Å². The van der Waals surface area contributed by atoms with Crippen LogP contribution in [0.15, 0.2) is 30.6 Å². The van der Waals surface area contributed by atoms with E-state index in [4.69, 9.17) is 4.74 Å². The number of nitrogens with zero attached hydrogens (tertiary/aromatic N) is 5. The number of carbonyl (C=O) groups excluding carboxylic acids is 1. The van der Waals surface area contributed by atoms with E-state index in [1.165, 1.54) is 23.1 Å². The fraction of sp³-hybridized carbons (Fsp3) is 0.526. The highest BCUT2D eigenvalue weighted by molar-refractivity contribution is 7.99. The Morgan fingerprint density at radius 1 is 1.36 bits per heavy atom. The molecule has 0 N–H and O–H groups in total. The number of amides is 1. The maximum atomic E-state index is 15.0. The van der Waals surface area contributed by atoms with E-state index in [9.17, 15) is 4.79 Å². The van der Waals surface area contributed by atoms with Gasteiger partial charge in [0.25, 0.3) is 0 Å². The minimum atomic E-state index is -0.452. The second kappa shape index (κ2) is 5.85. The van der Waals surface area contributed by atoms with Crippen LogP contribution in [0.1, 0.15) is 12.8 Å². The Morgan fingerprint density at radius 3 is 3.04 bits per heavy atom. The lowest BCUT2D eigenvalue weighted by atomic mass is 9.53. The Kier molecular flexibility index (Phi) is 3.48. The number of halogens is 1. The van der Waals surface area contributed by atoms with Gasteiger partial charge in [-0.15, -0.1) is 5.10 Å². The number of hydrogen-bond donors (Lipinski definition) is 0. The Bertz CT molecular complexity index is 940. The molecule has 1 aliphatic carbocycles. The van der Waals surface area contributed by atoms with Gasteiger partial charge < -0.3 is 9.64 Å². The van der Waals surface area contributed by atoms with Crippen LogP contribution in [0.25, 0.3) is 0 Å². The van der Waals surface area contributed by atoms with Crippen LogP contribution in [0.2, 0.25) is 0 Å². The zero-order valence-corrected chi connectivity index (χ0v) is 16.0. The molecule has 28 heavy (non-hydrogen) atoms. The topological polar surface area (TPSA) is 63.5 Å². The van der Waals surface area contributed by atoms with E-state index in [0.29, 0.717) is 42.0 Å². The summed E-state index contributed by atoms with van der Waals surface area (Å²) < 4.78 is 22.1. The van der Waals surface area contributed by atoms with Crippen LogP contribution in [0.4, 0.5) is 20.6 Å². The molecule has 0 radical (unpaired) electrons. The number of ether oxygens (including phenoxy) is 1. The zero-order valence-electron chi connectivity index (χ0n) is 15.2. The number of thioether (sulfide) groups is 1. The van der Waals surface area contributed by atoms with Crippen molar-refractivity contribution in [3.05, 3.63) is 36.4 Å². The van der Waals surface area contributed by atoms with Gasteiger partial charge in [-0.25, -0.2) is 13.9 Å². The van der Waals surface area contributed by atoms with E-state index in [1.807, 2.05) is 23.9 Å². The highest BCUT2D eigenvalue weighted by Crippen LogP contribution is 2.64. The monoisotopic (exact) mass is 401 g/mol. The number of anilines is 2. The molecule has 3 unspecified atom stereocenters. The molecule has 2 aromatic rings. The highest BCUT2D eigenvalue weighted by atomic mass is 32.2. The molecule has 4 atom stereocenters. The molecule has 1 spiro atoms. The third-order valence-corrected chi connectivity index (χ3v) is 8.08. The summed E-state index contributed by atoms with van der Waals surface area (Å²) in [7, 11) is 0. The number of piperidine rings is 1. The summed E-state index contributed by atoms with van der Waals surface area (Å²) in [5.74, 6) is 2.04. The largest absolute Gasteiger partial charge is 0.442 e. The third kappa shape index (κ3) is 2.19. The Morgan fingerprint density at radius 2 is 2.29 bits per heavy atom. The zero-order chi connectivity index (χ0) is 18.9. The molecule has 3 aliphatic heterocycles. The van der Waals surface area contributed by atoms with Gasteiger partial charge in [-0.3, -0.25) is 4.90 Å². The van der Waals surface area contributed by atoms with Gasteiger partial charge in [-0.2, -0.15) is 11.8 Å². The summed E-state index contributed by atoms with van der Waals surface area (Å²) in [4.78, 5) is 16.1. The fourth-order valence-corrected chi connectivity index (χ4v) is 7.05. The summed E-state index contributed by atoms with van der Waals surface area (Å²) >= 11 is 1.99. The molecule has 6 rings (SSSR count). The van der Waals surface area contributed by atoms with Gasteiger partial charge in [-0.1, -0.05) is 5.21 Å². The number of aromatic nitrogens is 3. The van der Waals surface area contributed by atoms with Gasteiger partial charge >= 0.3 is 6.09 Å². The molecular weight excluding hydrogens is 381 g/mol. The van der Waals surface area contributed by atoms with E-state index in [-0.39, 0.29) is 11.9 Å². The van der Waals surface area contributed by atoms with E-state index < -0.39 is 6.09 Å². The number of benzene rings is 1. The average Bonchev–Trinajstić information content (AvgIpc) is 3.39. The number of carbonyl (C=O) groups is 1. The molecule has 0 bridgehead atoms. The molecule has 1 amide bonds. The molecule has 4 fully saturated rings. The van der Waals surface area contributed by atoms with Crippen molar-refractivity contribution in [1.29, 1.82) is 0 Å². The van der Waals surface area contributed by atoms with Crippen LogP contribution < -0.4 is 9.80 Å². The van der Waals surface area contributed by atoms with E-state index >= 15 is 4.39 Å². The summed E-state index contributed by atoms with van der Waals surface area (Å²) in [5.41, 5.74) is 1.64. The van der Waals surface area contributed by atoms with E-state index in [2.05, 4.69) is 15.2 Å². The first kappa shape index (κ1) is 16.6. The first-order valence-electron chi connectivity index (χ1n) is 9.64. The highest BCUT2D eigenvalue weighted by Gasteiger charge is 2.68. The van der Waals surface area contributed by atoms with Crippen LogP contribution in [0.3, 0.4) is 0 Å². The van der Waals surface area contributed by atoms with Crippen molar-refractivity contribution in [1.82, 2.24) is 15.0 Å². The smallest absolute Gasteiger partial charge is 0.414 e. The van der Waals surface area contributed by atoms with Crippen molar-refractivity contribution < 1.29 is 13.9 Å². The van der Waals surface area contributed by atoms with Crippen molar-refractivity contribution in [2.24, 2.45) is 5.41 Å². The van der Waals surface area contributed by atoms with Gasteiger partial charge in [0, 0.05) is 35.2 Å². The number of hydrogen-bond acceptors (Lipinski definition) is 6. The maximum absolute atomic E-state index is 15.0.